The van der Waals surface area contributed by atoms with Gasteiger partial charge in [0, 0.05) is 24.3 Å². The van der Waals surface area contributed by atoms with E-state index in [1.807, 2.05) is 0 Å². The lowest BCUT2D eigenvalue weighted by Crippen LogP contribution is -2.39. The summed E-state index contributed by atoms with van der Waals surface area (Å²) in [5.74, 6) is -0.0463. The molecule has 2 aromatic heterocycles. The Morgan fingerprint density at radius 3 is 2.92 bits per heavy atom. The molecule has 0 saturated carbocycles. The van der Waals surface area contributed by atoms with E-state index in [-0.39, 0.29) is 24.3 Å². The molecule has 2 N–H and O–H groups in total. The number of rotatable bonds is 5. The molecule has 2 heterocycles. The van der Waals surface area contributed by atoms with Crippen molar-refractivity contribution < 1.29 is 9.53 Å². The Balaban J connectivity index is 1.78. The number of benzene rings is 1. The number of halogens is 1. The highest BCUT2D eigenvalue weighted by atomic mass is 35.5. The second-order valence-corrected chi connectivity index (χ2v) is 5.82. The van der Waals surface area contributed by atoms with Gasteiger partial charge in [0.1, 0.15) is 11.4 Å². The van der Waals surface area contributed by atoms with Gasteiger partial charge in [-0.05, 0) is 30.3 Å². The quantitative estimate of drug-likeness (QED) is 0.697. The zero-order valence-corrected chi connectivity index (χ0v) is 14.5. The van der Waals surface area contributed by atoms with Crippen molar-refractivity contribution in [3.63, 3.8) is 0 Å². The van der Waals surface area contributed by atoms with Crippen molar-refractivity contribution in [2.75, 3.05) is 13.7 Å². The minimum absolute atomic E-state index is 0.00756. The average molecular weight is 375 g/mol. The maximum absolute atomic E-state index is 12.4. The lowest BCUT2D eigenvalue weighted by Gasteiger charge is -2.10. The third-order valence-corrected chi connectivity index (χ3v) is 4.02. The summed E-state index contributed by atoms with van der Waals surface area (Å²) < 4.78 is 6.15. The van der Waals surface area contributed by atoms with Crippen molar-refractivity contribution in [2.24, 2.45) is 0 Å². The van der Waals surface area contributed by atoms with E-state index in [1.54, 1.807) is 24.3 Å². The molecule has 9 heteroatoms. The van der Waals surface area contributed by atoms with Gasteiger partial charge in [0.05, 0.1) is 18.1 Å². The van der Waals surface area contributed by atoms with Crippen LogP contribution >= 0.6 is 11.6 Å². The molecule has 0 aliphatic carbocycles. The third-order valence-electron chi connectivity index (χ3n) is 3.78. The number of carbonyl (C=O) groups is 1. The van der Waals surface area contributed by atoms with E-state index in [0.29, 0.717) is 16.2 Å². The molecule has 26 heavy (non-hydrogen) atoms. The van der Waals surface area contributed by atoms with Gasteiger partial charge in [0.15, 0.2) is 0 Å². The van der Waals surface area contributed by atoms with Gasteiger partial charge in [0.2, 0.25) is 0 Å². The van der Waals surface area contributed by atoms with Crippen LogP contribution in [0.25, 0.3) is 11.0 Å². The highest BCUT2D eigenvalue weighted by molar-refractivity contribution is 6.31. The van der Waals surface area contributed by atoms with Crippen molar-refractivity contribution >= 4 is 28.5 Å². The van der Waals surface area contributed by atoms with Crippen LogP contribution in [0, 0.1) is 0 Å². The summed E-state index contributed by atoms with van der Waals surface area (Å²) in [5, 5.41) is 3.34. The lowest BCUT2D eigenvalue weighted by molar-refractivity contribution is 0.0949. The molecule has 8 nitrogen and oxygen atoms in total. The van der Waals surface area contributed by atoms with Crippen molar-refractivity contribution in [1.29, 1.82) is 0 Å². The van der Waals surface area contributed by atoms with Gasteiger partial charge in [-0.1, -0.05) is 11.6 Å². The molecule has 0 saturated heterocycles. The molecule has 0 fully saturated rings. The number of carbonyl (C=O) groups excluding carboxylic acids is 1. The molecule has 134 valence electrons. The fourth-order valence-electron chi connectivity index (χ4n) is 2.52. The summed E-state index contributed by atoms with van der Waals surface area (Å²) in [6.45, 7) is 0.0802. The number of nitrogens with zero attached hydrogens (tertiary/aromatic N) is 2. The van der Waals surface area contributed by atoms with E-state index in [0.717, 1.165) is 4.57 Å². The van der Waals surface area contributed by atoms with Crippen molar-refractivity contribution in [3.05, 3.63) is 68.0 Å². The number of methoxy groups -OCH3 is 1. The smallest absolute Gasteiger partial charge is 0.330 e. The number of hydrogen-bond donors (Lipinski definition) is 2. The average Bonchev–Trinajstić information content (AvgIpc) is 2.64. The Labute approximate surface area is 152 Å². The maximum atomic E-state index is 12.4. The van der Waals surface area contributed by atoms with Crippen LogP contribution in [0.1, 0.15) is 10.4 Å². The molecule has 0 aliphatic heterocycles. The highest BCUT2D eigenvalue weighted by Crippen LogP contribution is 2.22. The fraction of sp³-hybridized carbons (Fsp3) is 0.176. The first-order valence-electron chi connectivity index (χ1n) is 7.71. The van der Waals surface area contributed by atoms with Gasteiger partial charge in [0.25, 0.3) is 11.5 Å². The van der Waals surface area contributed by atoms with E-state index in [1.165, 1.54) is 19.4 Å². The molecule has 3 aromatic rings. The van der Waals surface area contributed by atoms with Crippen LogP contribution in [0.4, 0.5) is 0 Å². The minimum Gasteiger partial charge on any atom is -0.496 e. The standard InChI is InChI=1S/C17H15ClN4O4/c1-26-13-5-4-10(18)9-12(13)15(23)20-7-8-22-16(24)11-3-2-6-19-14(11)21-17(22)25/h2-6,9H,7-8H2,1H3,(H,20,23)(H,19,21,25). The number of nitrogens with one attached hydrogen (secondary N) is 2. The molecule has 0 bridgehead atoms. The predicted molar refractivity (Wildman–Crippen MR) is 97.0 cm³/mol. The highest BCUT2D eigenvalue weighted by Gasteiger charge is 2.13. The first-order chi connectivity index (χ1) is 12.5. The van der Waals surface area contributed by atoms with Crippen LogP contribution in [0.2, 0.25) is 5.02 Å². The molecule has 0 atom stereocenters. The monoisotopic (exact) mass is 374 g/mol. The zero-order valence-electron chi connectivity index (χ0n) is 13.8. The largest absolute Gasteiger partial charge is 0.496 e. The van der Waals surface area contributed by atoms with E-state index in [4.69, 9.17) is 16.3 Å². The van der Waals surface area contributed by atoms with E-state index in [2.05, 4.69) is 15.3 Å². The summed E-state index contributed by atoms with van der Waals surface area (Å²) >= 11 is 5.91. The molecule has 0 spiro atoms. The lowest BCUT2D eigenvalue weighted by atomic mass is 10.2. The Morgan fingerprint density at radius 2 is 2.15 bits per heavy atom. The normalized spacial score (nSPS) is 10.7. The fourth-order valence-corrected chi connectivity index (χ4v) is 2.69. The molecule has 0 radical (unpaired) electrons. The molecule has 3 rings (SSSR count). The zero-order chi connectivity index (χ0) is 18.7. The topological polar surface area (TPSA) is 106 Å². The Morgan fingerprint density at radius 1 is 1.35 bits per heavy atom. The van der Waals surface area contributed by atoms with Crippen molar-refractivity contribution in [1.82, 2.24) is 19.9 Å². The molecule has 1 amide bonds. The summed E-state index contributed by atoms with van der Waals surface area (Å²) in [4.78, 5) is 43.3. The van der Waals surface area contributed by atoms with Crippen LogP contribution in [0.3, 0.4) is 0 Å². The summed E-state index contributed by atoms with van der Waals surface area (Å²) in [6.07, 6.45) is 1.49. The Bertz CT molecular complexity index is 1090. The van der Waals surface area contributed by atoms with Crippen molar-refractivity contribution in [3.8, 4) is 5.75 Å². The SMILES string of the molecule is COc1ccc(Cl)cc1C(=O)NCCn1c(=O)[nH]c2ncccc2c1=O. The van der Waals surface area contributed by atoms with E-state index < -0.39 is 17.2 Å². The summed E-state index contributed by atoms with van der Waals surface area (Å²) in [5.41, 5.74) is -0.558. The van der Waals surface area contributed by atoms with Crippen LogP contribution in [0.15, 0.2) is 46.1 Å². The van der Waals surface area contributed by atoms with Crippen molar-refractivity contribution in [2.45, 2.75) is 6.54 Å². The Hall–Kier alpha value is -3.13. The number of H-pyrrole nitrogens is 1. The van der Waals surface area contributed by atoms with E-state index in [9.17, 15) is 14.4 Å². The minimum atomic E-state index is -0.587. The molecule has 0 unspecified atom stereocenters. The van der Waals surface area contributed by atoms with Gasteiger partial charge in [-0.15, -0.1) is 0 Å². The summed E-state index contributed by atoms with van der Waals surface area (Å²) in [6, 6.07) is 7.87. The number of fused-ring (bicyclic) bond motifs is 1. The molecule has 0 aliphatic rings. The van der Waals surface area contributed by atoms with Gasteiger partial charge in [-0.25, -0.2) is 9.78 Å². The number of aromatic amines is 1. The molecular formula is C17H15ClN4O4. The van der Waals surface area contributed by atoms with Gasteiger partial charge < -0.3 is 10.1 Å². The maximum Gasteiger partial charge on any atom is 0.330 e. The van der Waals surface area contributed by atoms with Crippen LogP contribution in [0.5, 0.6) is 5.75 Å². The van der Waals surface area contributed by atoms with Gasteiger partial charge in [-0.3, -0.25) is 19.1 Å². The number of aromatic nitrogens is 3. The first kappa shape index (κ1) is 17.7. The number of amides is 1. The first-order valence-corrected chi connectivity index (χ1v) is 8.08. The summed E-state index contributed by atoms with van der Waals surface area (Å²) in [7, 11) is 1.45. The molecule has 1 aromatic carbocycles. The van der Waals surface area contributed by atoms with Crippen LogP contribution in [-0.4, -0.2) is 34.1 Å². The van der Waals surface area contributed by atoms with E-state index >= 15 is 0 Å². The van der Waals surface area contributed by atoms with Crippen LogP contribution in [-0.2, 0) is 6.54 Å². The number of hydrogen-bond acceptors (Lipinski definition) is 5. The van der Waals surface area contributed by atoms with Gasteiger partial charge >= 0.3 is 5.69 Å². The number of ether oxygens (including phenoxy) is 1. The van der Waals surface area contributed by atoms with Gasteiger partial charge in [-0.2, -0.15) is 0 Å². The predicted octanol–water partition coefficient (Wildman–Crippen LogP) is 1.18. The molecular weight excluding hydrogens is 360 g/mol. The second-order valence-electron chi connectivity index (χ2n) is 5.39. The second kappa shape index (κ2) is 7.40. The third kappa shape index (κ3) is 3.45. The Kier molecular flexibility index (Phi) is 5.04. The van der Waals surface area contributed by atoms with Crippen LogP contribution < -0.4 is 21.3 Å². The number of pyridine rings is 1.